The molecule has 0 spiro atoms. The molecule has 3 nitrogen and oxygen atoms in total. The lowest BCUT2D eigenvalue weighted by Gasteiger charge is -2.10. The Labute approximate surface area is 101 Å². The Hall–Kier alpha value is -0.980. The van der Waals surface area contributed by atoms with E-state index in [0.29, 0.717) is 5.75 Å². The van der Waals surface area contributed by atoms with Gasteiger partial charge in [-0.2, -0.15) is 4.37 Å². The Bertz CT molecular complexity index is 447. The molecule has 2 aromatic rings. The van der Waals surface area contributed by atoms with Crippen molar-refractivity contribution in [1.29, 1.82) is 0 Å². The molecule has 2 N–H and O–H groups in total. The van der Waals surface area contributed by atoms with E-state index in [0.717, 1.165) is 9.90 Å². The van der Waals surface area contributed by atoms with Crippen molar-refractivity contribution in [2.45, 2.75) is 10.4 Å². The fourth-order valence-corrected chi connectivity index (χ4v) is 2.68. The summed E-state index contributed by atoms with van der Waals surface area (Å²) >= 11 is 2.87. The van der Waals surface area contributed by atoms with Crippen LogP contribution in [0.1, 0.15) is 11.6 Å². The number of benzene rings is 1. The maximum absolute atomic E-state index is 13.0. The summed E-state index contributed by atoms with van der Waals surface area (Å²) in [7, 11) is 0. The highest BCUT2D eigenvalue weighted by Gasteiger charge is 2.08. The maximum atomic E-state index is 13.0. The van der Waals surface area contributed by atoms with Crippen LogP contribution in [0.2, 0.25) is 0 Å². The molecular weight excluding hydrogens is 245 g/mol. The molecule has 1 aromatic carbocycles. The predicted octanol–water partition coefficient (Wildman–Crippen LogP) is 2.47. The van der Waals surface area contributed by atoms with Crippen molar-refractivity contribution in [1.82, 2.24) is 9.36 Å². The van der Waals surface area contributed by atoms with Gasteiger partial charge in [-0.25, -0.2) is 9.37 Å². The predicted molar refractivity (Wildman–Crippen MR) is 64.0 cm³/mol. The number of nitrogens with zero attached hydrogens (tertiary/aromatic N) is 2. The van der Waals surface area contributed by atoms with Gasteiger partial charge in [0.15, 0.2) is 4.34 Å². The number of thioether (sulfide) groups is 1. The topological polar surface area (TPSA) is 51.8 Å². The molecule has 0 amide bonds. The summed E-state index contributed by atoms with van der Waals surface area (Å²) in [6, 6.07) is 6.18. The lowest BCUT2D eigenvalue weighted by atomic mass is 10.1. The van der Waals surface area contributed by atoms with Gasteiger partial charge >= 0.3 is 0 Å². The SMILES string of the molecule is NC(CSc1ncns1)c1cccc(F)c1. The molecule has 0 saturated heterocycles. The highest BCUT2D eigenvalue weighted by atomic mass is 32.2. The number of nitrogens with two attached hydrogens (primary N) is 1. The van der Waals surface area contributed by atoms with Crippen LogP contribution in [0.5, 0.6) is 0 Å². The van der Waals surface area contributed by atoms with Gasteiger partial charge in [0, 0.05) is 11.8 Å². The van der Waals surface area contributed by atoms with E-state index >= 15 is 0 Å². The lowest BCUT2D eigenvalue weighted by Crippen LogP contribution is -2.13. The summed E-state index contributed by atoms with van der Waals surface area (Å²) in [6.45, 7) is 0. The molecule has 0 aliphatic rings. The van der Waals surface area contributed by atoms with Gasteiger partial charge in [-0.05, 0) is 29.2 Å². The van der Waals surface area contributed by atoms with Crippen LogP contribution in [0.3, 0.4) is 0 Å². The Morgan fingerprint density at radius 3 is 3.06 bits per heavy atom. The molecular formula is C10H10FN3S2. The fourth-order valence-electron chi connectivity index (χ4n) is 1.22. The zero-order valence-electron chi connectivity index (χ0n) is 8.34. The molecule has 1 aromatic heterocycles. The molecule has 1 unspecified atom stereocenters. The van der Waals surface area contributed by atoms with Crippen molar-refractivity contribution in [3.8, 4) is 0 Å². The van der Waals surface area contributed by atoms with Gasteiger partial charge in [-0.3, -0.25) is 0 Å². The Morgan fingerprint density at radius 1 is 1.50 bits per heavy atom. The summed E-state index contributed by atoms with van der Waals surface area (Å²) in [6.07, 6.45) is 1.51. The summed E-state index contributed by atoms with van der Waals surface area (Å²) in [5, 5.41) is 0. The van der Waals surface area contributed by atoms with Gasteiger partial charge < -0.3 is 5.73 Å². The van der Waals surface area contributed by atoms with Crippen LogP contribution in [0.4, 0.5) is 4.39 Å². The molecule has 0 fully saturated rings. The zero-order chi connectivity index (χ0) is 11.4. The van der Waals surface area contributed by atoms with Crippen molar-refractivity contribution in [3.63, 3.8) is 0 Å². The van der Waals surface area contributed by atoms with E-state index in [1.807, 2.05) is 6.07 Å². The minimum atomic E-state index is -0.256. The minimum Gasteiger partial charge on any atom is -0.323 e. The Kier molecular flexibility index (Phi) is 3.87. The van der Waals surface area contributed by atoms with Gasteiger partial charge in [0.1, 0.15) is 12.1 Å². The maximum Gasteiger partial charge on any atom is 0.169 e. The summed E-state index contributed by atoms with van der Waals surface area (Å²) in [4.78, 5) is 4.04. The molecule has 6 heteroatoms. The van der Waals surface area contributed by atoms with Crippen LogP contribution in [0.25, 0.3) is 0 Å². The third-order valence-electron chi connectivity index (χ3n) is 2.00. The van der Waals surface area contributed by atoms with Crippen molar-refractivity contribution < 1.29 is 4.39 Å². The quantitative estimate of drug-likeness (QED) is 0.853. The first kappa shape index (κ1) is 11.5. The summed E-state index contributed by atoms with van der Waals surface area (Å²) in [5.74, 6) is 0.410. The monoisotopic (exact) mass is 255 g/mol. The Morgan fingerprint density at radius 2 is 2.38 bits per heavy atom. The first-order valence-corrected chi connectivity index (χ1v) is 6.42. The van der Waals surface area contributed by atoms with Crippen molar-refractivity contribution in [2.75, 3.05) is 5.75 Å². The van der Waals surface area contributed by atoms with Gasteiger partial charge in [0.2, 0.25) is 0 Å². The van der Waals surface area contributed by atoms with E-state index < -0.39 is 0 Å². The Balaban J connectivity index is 1.95. The average Bonchev–Trinajstić information content (AvgIpc) is 2.78. The largest absolute Gasteiger partial charge is 0.323 e. The van der Waals surface area contributed by atoms with E-state index in [4.69, 9.17) is 5.73 Å². The first-order chi connectivity index (χ1) is 7.75. The normalized spacial score (nSPS) is 12.6. The second-order valence-corrected chi connectivity index (χ2v) is 5.23. The molecule has 1 atom stereocenters. The second-order valence-electron chi connectivity index (χ2n) is 3.18. The molecule has 2 rings (SSSR count). The smallest absolute Gasteiger partial charge is 0.169 e. The van der Waals surface area contributed by atoms with Crippen molar-refractivity contribution >= 4 is 23.3 Å². The third-order valence-corrected chi connectivity index (χ3v) is 3.92. The number of aromatic nitrogens is 2. The standard InChI is InChI=1S/C10H10FN3S2/c11-8-3-1-2-7(4-8)9(12)5-15-10-13-6-14-16-10/h1-4,6,9H,5,12H2. The van der Waals surface area contributed by atoms with Crippen molar-refractivity contribution in [3.05, 3.63) is 42.0 Å². The number of rotatable bonds is 4. The molecule has 16 heavy (non-hydrogen) atoms. The van der Waals surface area contributed by atoms with Crippen molar-refractivity contribution in [2.24, 2.45) is 5.73 Å². The lowest BCUT2D eigenvalue weighted by molar-refractivity contribution is 0.622. The van der Waals surface area contributed by atoms with E-state index in [9.17, 15) is 4.39 Å². The number of hydrogen-bond acceptors (Lipinski definition) is 5. The van der Waals surface area contributed by atoms with Gasteiger partial charge in [-0.1, -0.05) is 23.9 Å². The molecule has 1 heterocycles. The second kappa shape index (κ2) is 5.38. The van der Waals surface area contributed by atoms with E-state index in [2.05, 4.69) is 9.36 Å². The first-order valence-electron chi connectivity index (χ1n) is 4.66. The average molecular weight is 255 g/mol. The van der Waals surface area contributed by atoms with Crippen LogP contribution in [-0.4, -0.2) is 15.1 Å². The van der Waals surface area contributed by atoms with E-state index in [1.165, 1.54) is 41.8 Å². The summed E-state index contributed by atoms with van der Waals surface area (Å²) in [5.41, 5.74) is 6.75. The fraction of sp³-hybridized carbons (Fsp3) is 0.200. The highest BCUT2D eigenvalue weighted by molar-refractivity contribution is 8.00. The molecule has 0 radical (unpaired) electrons. The van der Waals surface area contributed by atoms with Gasteiger partial charge in [-0.15, -0.1) is 0 Å². The molecule has 0 aliphatic carbocycles. The highest BCUT2D eigenvalue weighted by Crippen LogP contribution is 2.23. The van der Waals surface area contributed by atoms with Crippen LogP contribution in [-0.2, 0) is 0 Å². The van der Waals surface area contributed by atoms with Crippen LogP contribution >= 0.6 is 23.3 Å². The number of hydrogen-bond donors (Lipinski definition) is 1. The van der Waals surface area contributed by atoms with E-state index in [-0.39, 0.29) is 11.9 Å². The van der Waals surface area contributed by atoms with Gasteiger partial charge in [0.25, 0.3) is 0 Å². The molecule has 0 saturated carbocycles. The third kappa shape index (κ3) is 3.01. The van der Waals surface area contributed by atoms with E-state index in [1.54, 1.807) is 6.07 Å². The molecule has 0 aliphatic heterocycles. The zero-order valence-corrected chi connectivity index (χ0v) is 9.97. The molecule has 0 bridgehead atoms. The van der Waals surface area contributed by atoms with Crippen LogP contribution < -0.4 is 5.73 Å². The molecule has 84 valence electrons. The minimum absolute atomic E-state index is 0.190. The van der Waals surface area contributed by atoms with Crippen LogP contribution in [0.15, 0.2) is 34.9 Å². The summed E-state index contributed by atoms with van der Waals surface area (Å²) < 4.78 is 17.7. The number of halogens is 1. The van der Waals surface area contributed by atoms with Crippen LogP contribution in [0, 0.1) is 5.82 Å². The van der Waals surface area contributed by atoms with Gasteiger partial charge in [0.05, 0.1) is 0 Å².